The van der Waals surface area contributed by atoms with Gasteiger partial charge in [0.15, 0.2) is 0 Å². The molecule has 0 radical (unpaired) electrons. The van der Waals surface area contributed by atoms with Gasteiger partial charge in [-0.15, -0.1) is 0 Å². The number of alkyl carbamates (subject to hydrolysis) is 1. The third-order valence-electron chi connectivity index (χ3n) is 7.51. The Morgan fingerprint density at radius 3 is 2.29 bits per heavy atom. The van der Waals surface area contributed by atoms with E-state index in [1.165, 1.54) is 12.0 Å². The summed E-state index contributed by atoms with van der Waals surface area (Å²) in [7, 11) is 1.28. The van der Waals surface area contributed by atoms with Gasteiger partial charge in [-0.3, -0.25) is 14.4 Å². The Hall–Kier alpha value is -3.89. The Balaban J connectivity index is 2.20. The molecule has 0 spiro atoms. The van der Waals surface area contributed by atoms with Crippen LogP contribution in [-0.4, -0.2) is 77.6 Å². The van der Waals surface area contributed by atoms with Crippen molar-refractivity contribution in [2.24, 2.45) is 0 Å². The van der Waals surface area contributed by atoms with E-state index in [4.69, 9.17) is 9.47 Å². The molecule has 1 aromatic rings. The molecular weight excluding hydrogens is 576 g/mol. The van der Waals surface area contributed by atoms with Crippen LogP contribution in [0.15, 0.2) is 42.5 Å². The summed E-state index contributed by atoms with van der Waals surface area (Å²) in [5.41, 5.74) is -1.37. The molecule has 1 saturated heterocycles. The summed E-state index contributed by atoms with van der Waals surface area (Å²) in [5.74, 6) is -2.01. The SMILES string of the molecule is C/C=C/CCCCC[C@H](NC(=O)OC(C)(C)C)C(=O)NC(C)(C)C(=O)N[C@@H](Cc1ccccc1)C(=O)N1CCC[C@@H]1C(=O)OC. The van der Waals surface area contributed by atoms with Crippen molar-refractivity contribution in [1.29, 1.82) is 0 Å². The number of unbranched alkanes of at least 4 members (excludes halogenated alkanes) is 3. The first-order valence-corrected chi connectivity index (χ1v) is 15.8. The zero-order valence-electron chi connectivity index (χ0n) is 27.9. The van der Waals surface area contributed by atoms with Crippen LogP contribution in [-0.2, 0) is 35.1 Å². The van der Waals surface area contributed by atoms with Gasteiger partial charge in [0, 0.05) is 13.0 Å². The van der Waals surface area contributed by atoms with E-state index in [-0.39, 0.29) is 6.42 Å². The molecule has 4 amide bonds. The van der Waals surface area contributed by atoms with Crippen LogP contribution >= 0.6 is 0 Å². The average Bonchev–Trinajstić information content (AvgIpc) is 3.46. The first-order chi connectivity index (χ1) is 21.2. The Bertz CT molecular complexity index is 1180. The Morgan fingerprint density at radius 2 is 1.67 bits per heavy atom. The molecule has 0 unspecified atom stereocenters. The fourth-order valence-corrected chi connectivity index (χ4v) is 5.12. The molecule has 0 aromatic heterocycles. The van der Waals surface area contributed by atoms with Crippen LogP contribution in [0.1, 0.15) is 92.1 Å². The Kier molecular flexibility index (Phi) is 14.6. The van der Waals surface area contributed by atoms with Gasteiger partial charge in [-0.1, -0.05) is 55.3 Å². The number of amides is 4. The highest BCUT2D eigenvalue weighted by Crippen LogP contribution is 2.21. The van der Waals surface area contributed by atoms with E-state index >= 15 is 0 Å². The van der Waals surface area contributed by atoms with Crippen LogP contribution < -0.4 is 16.0 Å². The molecular formula is C34H52N4O7. The molecule has 1 aliphatic heterocycles. The number of likely N-dealkylation sites (tertiary alicyclic amines) is 1. The molecule has 45 heavy (non-hydrogen) atoms. The topological polar surface area (TPSA) is 143 Å². The van der Waals surface area contributed by atoms with E-state index in [2.05, 4.69) is 22.0 Å². The second kappa shape index (κ2) is 17.6. The quantitative estimate of drug-likeness (QED) is 0.150. The molecule has 1 aromatic carbocycles. The van der Waals surface area contributed by atoms with Crippen molar-refractivity contribution < 1.29 is 33.4 Å². The number of methoxy groups -OCH3 is 1. The zero-order valence-corrected chi connectivity index (χ0v) is 27.9. The normalized spacial score (nSPS) is 16.5. The molecule has 0 aliphatic carbocycles. The van der Waals surface area contributed by atoms with Crippen molar-refractivity contribution in [2.75, 3.05) is 13.7 Å². The van der Waals surface area contributed by atoms with Crippen molar-refractivity contribution >= 4 is 29.8 Å². The highest BCUT2D eigenvalue weighted by atomic mass is 16.6. The lowest BCUT2D eigenvalue weighted by Crippen LogP contribution is -2.62. The number of hydrogen-bond donors (Lipinski definition) is 3. The number of ether oxygens (including phenoxy) is 2. The molecule has 250 valence electrons. The highest BCUT2D eigenvalue weighted by Gasteiger charge is 2.40. The molecule has 11 heteroatoms. The number of benzene rings is 1. The number of carbonyl (C=O) groups is 5. The van der Waals surface area contributed by atoms with Gasteiger partial charge in [-0.25, -0.2) is 9.59 Å². The summed E-state index contributed by atoms with van der Waals surface area (Å²) in [4.78, 5) is 67.4. The van der Waals surface area contributed by atoms with Crippen LogP contribution in [0, 0.1) is 0 Å². The Morgan fingerprint density at radius 1 is 0.978 bits per heavy atom. The van der Waals surface area contributed by atoms with Crippen LogP contribution in [0.2, 0.25) is 0 Å². The fourth-order valence-electron chi connectivity index (χ4n) is 5.12. The molecule has 3 atom stereocenters. The van der Waals surface area contributed by atoms with Gasteiger partial charge >= 0.3 is 12.1 Å². The number of hydrogen-bond acceptors (Lipinski definition) is 7. The maximum absolute atomic E-state index is 13.8. The minimum atomic E-state index is -1.45. The van der Waals surface area contributed by atoms with E-state index in [1.54, 1.807) is 34.6 Å². The molecule has 1 heterocycles. The van der Waals surface area contributed by atoms with E-state index < -0.39 is 59.0 Å². The molecule has 1 fully saturated rings. The standard InChI is InChI=1S/C34H52N4O7/c1-8-9-10-11-12-16-20-25(36-32(43)45-33(2,3)4)28(39)37-34(5,6)31(42)35-26(23-24-18-14-13-15-19-24)29(40)38-22-17-21-27(38)30(41)44-7/h8-9,13-15,18-19,25-27H,10-12,16-17,20-23H2,1-7H3,(H,35,42)(H,36,43)(H,37,39)/b9-8+/t25-,26-,27+/m0/s1. The van der Waals surface area contributed by atoms with E-state index in [0.29, 0.717) is 32.2 Å². The van der Waals surface area contributed by atoms with E-state index in [0.717, 1.165) is 24.8 Å². The lowest BCUT2D eigenvalue weighted by molar-refractivity contribution is -0.152. The highest BCUT2D eigenvalue weighted by molar-refractivity contribution is 5.96. The molecule has 2 rings (SSSR count). The summed E-state index contributed by atoms with van der Waals surface area (Å²) in [6, 6.07) is 6.61. The summed E-state index contributed by atoms with van der Waals surface area (Å²) < 4.78 is 10.3. The van der Waals surface area contributed by atoms with E-state index in [9.17, 15) is 24.0 Å². The van der Waals surface area contributed by atoms with Gasteiger partial charge in [0.05, 0.1) is 7.11 Å². The first kappa shape index (κ1) is 37.3. The first-order valence-electron chi connectivity index (χ1n) is 15.8. The fraction of sp³-hybridized carbons (Fsp3) is 0.618. The number of nitrogens with zero attached hydrogens (tertiary/aromatic N) is 1. The summed E-state index contributed by atoms with van der Waals surface area (Å²) in [6.45, 7) is 10.6. The summed E-state index contributed by atoms with van der Waals surface area (Å²) in [6.07, 6.45) is 8.44. The lowest BCUT2D eigenvalue weighted by atomic mass is 9.99. The molecule has 1 aliphatic rings. The van der Waals surface area contributed by atoms with Crippen molar-refractivity contribution in [3.05, 3.63) is 48.0 Å². The van der Waals surface area contributed by atoms with Crippen molar-refractivity contribution in [1.82, 2.24) is 20.9 Å². The number of allylic oxidation sites excluding steroid dienone is 2. The molecule has 0 bridgehead atoms. The third kappa shape index (κ3) is 12.6. The third-order valence-corrected chi connectivity index (χ3v) is 7.51. The number of rotatable bonds is 15. The second-order valence-electron chi connectivity index (χ2n) is 12.9. The van der Waals surface area contributed by atoms with Gasteiger partial charge in [0.2, 0.25) is 17.7 Å². The molecule has 11 nitrogen and oxygen atoms in total. The Labute approximate surface area is 267 Å². The van der Waals surface area contributed by atoms with Gasteiger partial charge < -0.3 is 30.3 Å². The summed E-state index contributed by atoms with van der Waals surface area (Å²) in [5, 5.41) is 8.26. The predicted molar refractivity (Wildman–Crippen MR) is 172 cm³/mol. The minimum Gasteiger partial charge on any atom is -0.467 e. The van der Waals surface area contributed by atoms with Crippen molar-refractivity contribution in [2.45, 2.75) is 122 Å². The zero-order chi connectivity index (χ0) is 33.6. The summed E-state index contributed by atoms with van der Waals surface area (Å²) >= 11 is 0. The van der Waals surface area contributed by atoms with Gasteiger partial charge in [-0.2, -0.15) is 0 Å². The smallest absolute Gasteiger partial charge is 0.408 e. The number of nitrogens with one attached hydrogen (secondary N) is 3. The van der Waals surface area contributed by atoms with Crippen molar-refractivity contribution in [3.63, 3.8) is 0 Å². The number of esters is 1. The largest absolute Gasteiger partial charge is 0.467 e. The molecule has 3 N–H and O–H groups in total. The molecule has 0 saturated carbocycles. The van der Waals surface area contributed by atoms with Crippen molar-refractivity contribution in [3.8, 4) is 0 Å². The monoisotopic (exact) mass is 628 g/mol. The van der Waals surface area contributed by atoms with Gasteiger partial charge in [-0.05, 0) is 79.2 Å². The maximum atomic E-state index is 13.8. The second-order valence-corrected chi connectivity index (χ2v) is 12.9. The maximum Gasteiger partial charge on any atom is 0.408 e. The average molecular weight is 629 g/mol. The van der Waals surface area contributed by atoms with Crippen LogP contribution in [0.4, 0.5) is 4.79 Å². The minimum absolute atomic E-state index is 0.190. The van der Waals surface area contributed by atoms with Gasteiger partial charge in [0.1, 0.15) is 29.3 Å². The van der Waals surface area contributed by atoms with Crippen LogP contribution in [0.25, 0.3) is 0 Å². The van der Waals surface area contributed by atoms with Gasteiger partial charge in [0.25, 0.3) is 0 Å². The van der Waals surface area contributed by atoms with Crippen LogP contribution in [0.3, 0.4) is 0 Å². The predicted octanol–water partition coefficient (Wildman–Crippen LogP) is 4.19. The lowest BCUT2D eigenvalue weighted by Gasteiger charge is -2.32. The number of carbonyl (C=O) groups excluding carboxylic acids is 5. The van der Waals surface area contributed by atoms with E-state index in [1.807, 2.05) is 43.3 Å². The van der Waals surface area contributed by atoms with Crippen LogP contribution in [0.5, 0.6) is 0 Å².